The fourth-order valence-corrected chi connectivity index (χ4v) is 3.97. The van der Waals surface area contributed by atoms with Crippen LogP contribution in [-0.4, -0.2) is 46.7 Å². The Kier molecular flexibility index (Phi) is 7.21. The number of nitrogens with zero attached hydrogens (tertiary/aromatic N) is 3. The minimum atomic E-state index is 0.105. The van der Waals surface area contributed by atoms with Crippen LogP contribution in [0.4, 0.5) is 0 Å². The maximum Gasteiger partial charge on any atom is 0.243 e. The monoisotopic (exact) mass is 423 g/mol. The average molecular weight is 424 g/mol. The number of ether oxygens (including phenoxy) is 2. The van der Waals surface area contributed by atoms with Crippen molar-refractivity contribution in [2.75, 3.05) is 14.2 Å². The lowest BCUT2D eigenvalue weighted by Crippen LogP contribution is -2.45. The summed E-state index contributed by atoms with van der Waals surface area (Å²) in [7, 11) is 3.23. The molecule has 1 aromatic heterocycles. The number of benzene rings is 2. The number of imidazole rings is 1. The highest BCUT2D eigenvalue weighted by Crippen LogP contribution is 2.33. The molecular formula is C25H33N3O3. The Morgan fingerprint density at radius 1 is 1.00 bits per heavy atom. The SMILES string of the molecule is CCC(C)N(C(=O)Cn1c(-c2ccc(OC)c(OC)c2)nc2ccccc21)C(C)CC. The van der Waals surface area contributed by atoms with Crippen molar-refractivity contribution in [1.29, 1.82) is 0 Å². The molecule has 0 radical (unpaired) electrons. The Balaban J connectivity index is 2.09. The molecule has 0 aliphatic heterocycles. The molecule has 0 aliphatic rings. The van der Waals surface area contributed by atoms with Gasteiger partial charge in [-0.2, -0.15) is 0 Å². The number of carbonyl (C=O) groups excluding carboxylic acids is 1. The molecule has 0 saturated heterocycles. The van der Waals surface area contributed by atoms with E-state index in [-0.39, 0.29) is 24.5 Å². The summed E-state index contributed by atoms with van der Waals surface area (Å²) < 4.78 is 12.9. The van der Waals surface area contributed by atoms with E-state index >= 15 is 0 Å². The van der Waals surface area contributed by atoms with E-state index in [0.717, 1.165) is 35.3 Å². The van der Waals surface area contributed by atoms with Gasteiger partial charge in [0, 0.05) is 17.6 Å². The Hall–Kier alpha value is -3.02. The lowest BCUT2D eigenvalue weighted by Gasteiger charge is -2.34. The van der Waals surface area contributed by atoms with Gasteiger partial charge in [-0.25, -0.2) is 4.98 Å². The molecule has 166 valence electrons. The molecule has 2 unspecified atom stereocenters. The van der Waals surface area contributed by atoms with Crippen molar-refractivity contribution < 1.29 is 14.3 Å². The first kappa shape index (κ1) is 22.7. The normalized spacial score (nSPS) is 13.1. The first-order valence-corrected chi connectivity index (χ1v) is 10.9. The van der Waals surface area contributed by atoms with Crippen molar-refractivity contribution in [2.45, 2.75) is 59.2 Å². The molecular weight excluding hydrogens is 390 g/mol. The summed E-state index contributed by atoms with van der Waals surface area (Å²) in [5.41, 5.74) is 2.67. The van der Waals surface area contributed by atoms with Gasteiger partial charge in [0.15, 0.2) is 11.5 Å². The van der Waals surface area contributed by atoms with E-state index in [1.807, 2.05) is 51.9 Å². The Bertz CT molecular complexity index is 1030. The Morgan fingerprint density at radius 2 is 1.65 bits per heavy atom. The molecule has 3 aromatic rings. The van der Waals surface area contributed by atoms with Gasteiger partial charge < -0.3 is 18.9 Å². The highest BCUT2D eigenvalue weighted by molar-refractivity contribution is 5.85. The second-order valence-electron chi connectivity index (χ2n) is 7.90. The molecule has 6 nitrogen and oxygen atoms in total. The average Bonchev–Trinajstić information content (AvgIpc) is 3.16. The van der Waals surface area contributed by atoms with Crippen molar-refractivity contribution in [1.82, 2.24) is 14.5 Å². The zero-order valence-corrected chi connectivity index (χ0v) is 19.4. The third kappa shape index (κ3) is 4.53. The van der Waals surface area contributed by atoms with Crippen LogP contribution in [0.2, 0.25) is 0 Å². The molecule has 0 saturated carbocycles. The molecule has 1 amide bonds. The third-order valence-corrected chi connectivity index (χ3v) is 6.01. The maximum absolute atomic E-state index is 13.5. The highest BCUT2D eigenvalue weighted by atomic mass is 16.5. The van der Waals surface area contributed by atoms with Gasteiger partial charge in [0.1, 0.15) is 12.4 Å². The van der Waals surface area contributed by atoms with Gasteiger partial charge in [0.2, 0.25) is 5.91 Å². The molecule has 2 aromatic carbocycles. The smallest absolute Gasteiger partial charge is 0.243 e. The summed E-state index contributed by atoms with van der Waals surface area (Å²) in [5.74, 6) is 2.13. The zero-order valence-electron chi connectivity index (χ0n) is 19.4. The van der Waals surface area contributed by atoms with Crippen LogP contribution in [0.15, 0.2) is 42.5 Å². The van der Waals surface area contributed by atoms with Gasteiger partial charge in [0.25, 0.3) is 0 Å². The maximum atomic E-state index is 13.5. The van der Waals surface area contributed by atoms with Crippen LogP contribution < -0.4 is 9.47 Å². The second kappa shape index (κ2) is 9.86. The van der Waals surface area contributed by atoms with E-state index in [1.165, 1.54) is 0 Å². The van der Waals surface area contributed by atoms with Gasteiger partial charge in [-0.05, 0) is 57.0 Å². The number of carbonyl (C=O) groups is 1. The van der Waals surface area contributed by atoms with Gasteiger partial charge in [0.05, 0.1) is 25.3 Å². The summed E-state index contributed by atoms with van der Waals surface area (Å²) in [6, 6.07) is 14.0. The quantitative estimate of drug-likeness (QED) is 0.478. The van der Waals surface area contributed by atoms with E-state index < -0.39 is 0 Å². The minimum absolute atomic E-state index is 0.105. The molecule has 0 N–H and O–H groups in total. The molecule has 2 atom stereocenters. The molecule has 1 heterocycles. The van der Waals surface area contributed by atoms with Crippen LogP contribution in [0.3, 0.4) is 0 Å². The van der Waals surface area contributed by atoms with Gasteiger partial charge >= 0.3 is 0 Å². The largest absolute Gasteiger partial charge is 0.493 e. The van der Waals surface area contributed by atoms with E-state index in [1.54, 1.807) is 14.2 Å². The third-order valence-electron chi connectivity index (χ3n) is 6.01. The number of methoxy groups -OCH3 is 2. The summed E-state index contributed by atoms with van der Waals surface area (Å²) >= 11 is 0. The highest BCUT2D eigenvalue weighted by Gasteiger charge is 2.25. The fourth-order valence-electron chi connectivity index (χ4n) is 3.97. The minimum Gasteiger partial charge on any atom is -0.493 e. The summed E-state index contributed by atoms with van der Waals surface area (Å²) in [6.45, 7) is 8.71. The van der Waals surface area contributed by atoms with E-state index in [0.29, 0.717) is 11.5 Å². The van der Waals surface area contributed by atoms with Crippen molar-refractivity contribution in [3.8, 4) is 22.9 Å². The number of fused-ring (bicyclic) bond motifs is 1. The molecule has 0 aliphatic carbocycles. The topological polar surface area (TPSA) is 56.6 Å². The van der Waals surface area contributed by atoms with Crippen LogP contribution in [-0.2, 0) is 11.3 Å². The van der Waals surface area contributed by atoms with E-state index in [4.69, 9.17) is 14.5 Å². The van der Waals surface area contributed by atoms with Crippen molar-refractivity contribution in [3.05, 3.63) is 42.5 Å². The fraction of sp³-hybridized carbons (Fsp3) is 0.440. The number of para-hydroxylation sites is 2. The van der Waals surface area contributed by atoms with Gasteiger partial charge in [-0.3, -0.25) is 4.79 Å². The number of aromatic nitrogens is 2. The Labute approximate surface area is 184 Å². The summed E-state index contributed by atoms with van der Waals surface area (Å²) in [5, 5.41) is 0. The number of rotatable bonds is 9. The lowest BCUT2D eigenvalue weighted by molar-refractivity contribution is -0.136. The molecule has 31 heavy (non-hydrogen) atoms. The molecule has 0 fully saturated rings. The number of hydrogen-bond donors (Lipinski definition) is 0. The number of hydrogen-bond acceptors (Lipinski definition) is 4. The molecule has 0 spiro atoms. The first-order valence-electron chi connectivity index (χ1n) is 10.9. The number of amides is 1. The van der Waals surface area contributed by atoms with Crippen molar-refractivity contribution in [3.63, 3.8) is 0 Å². The molecule has 0 bridgehead atoms. The predicted octanol–water partition coefficient (Wildman–Crippen LogP) is 5.15. The Morgan fingerprint density at radius 3 is 2.26 bits per heavy atom. The van der Waals surface area contributed by atoms with E-state index in [2.05, 4.69) is 27.7 Å². The van der Waals surface area contributed by atoms with Crippen LogP contribution in [0, 0.1) is 0 Å². The predicted molar refractivity (Wildman–Crippen MR) is 125 cm³/mol. The van der Waals surface area contributed by atoms with Crippen LogP contribution in [0.5, 0.6) is 11.5 Å². The van der Waals surface area contributed by atoms with Crippen molar-refractivity contribution >= 4 is 16.9 Å². The second-order valence-corrected chi connectivity index (χ2v) is 7.90. The van der Waals surface area contributed by atoms with E-state index in [9.17, 15) is 4.79 Å². The standard InChI is InChI=1S/C25H33N3O3/c1-7-17(3)28(18(4)8-2)24(29)16-27-21-12-10-9-11-20(21)26-25(27)19-13-14-22(30-5)23(15-19)31-6/h9-15,17-18H,7-8,16H2,1-6H3. The molecule has 6 heteroatoms. The van der Waals surface area contributed by atoms with Crippen LogP contribution >= 0.6 is 0 Å². The molecule has 3 rings (SSSR count). The summed E-state index contributed by atoms with van der Waals surface area (Å²) in [6.07, 6.45) is 1.84. The van der Waals surface area contributed by atoms with Gasteiger partial charge in [-0.1, -0.05) is 26.0 Å². The lowest BCUT2D eigenvalue weighted by atomic mass is 10.1. The van der Waals surface area contributed by atoms with Crippen LogP contribution in [0.25, 0.3) is 22.4 Å². The van der Waals surface area contributed by atoms with Crippen LogP contribution in [0.1, 0.15) is 40.5 Å². The first-order chi connectivity index (χ1) is 14.9. The van der Waals surface area contributed by atoms with Crippen molar-refractivity contribution in [2.24, 2.45) is 0 Å². The zero-order chi connectivity index (χ0) is 22.5. The van der Waals surface area contributed by atoms with Gasteiger partial charge in [-0.15, -0.1) is 0 Å². The summed E-state index contributed by atoms with van der Waals surface area (Å²) in [4.78, 5) is 20.4.